The van der Waals surface area contributed by atoms with Crippen LogP contribution in [0.3, 0.4) is 0 Å². The van der Waals surface area contributed by atoms with E-state index in [2.05, 4.69) is 20.4 Å². The Morgan fingerprint density at radius 3 is 2.68 bits per heavy atom. The van der Waals surface area contributed by atoms with Crippen LogP contribution in [0.5, 0.6) is 5.75 Å². The highest BCUT2D eigenvalue weighted by molar-refractivity contribution is 6.06. The van der Waals surface area contributed by atoms with Crippen LogP contribution in [0.15, 0.2) is 47.3 Å². The van der Waals surface area contributed by atoms with Crippen molar-refractivity contribution in [2.45, 2.75) is 0 Å². The Bertz CT molecular complexity index is 1050. The molecule has 22 heavy (non-hydrogen) atoms. The van der Waals surface area contributed by atoms with Crippen molar-refractivity contribution in [3.05, 3.63) is 52.8 Å². The number of aromatic amines is 2. The summed E-state index contributed by atoms with van der Waals surface area (Å²) in [5, 5.41) is 14.5. The molecule has 2 aromatic heterocycles. The van der Waals surface area contributed by atoms with Crippen LogP contribution in [0.4, 0.5) is 0 Å². The van der Waals surface area contributed by atoms with Gasteiger partial charge in [0.1, 0.15) is 11.3 Å². The van der Waals surface area contributed by atoms with Crippen molar-refractivity contribution in [1.82, 2.24) is 20.4 Å². The van der Waals surface area contributed by atoms with Crippen molar-refractivity contribution in [1.29, 1.82) is 0 Å². The monoisotopic (exact) mass is 292 g/mol. The highest BCUT2D eigenvalue weighted by Gasteiger charge is 2.12. The maximum absolute atomic E-state index is 11.7. The largest absolute Gasteiger partial charge is 0.497 e. The van der Waals surface area contributed by atoms with E-state index in [1.165, 1.54) is 0 Å². The summed E-state index contributed by atoms with van der Waals surface area (Å²) in [6, 6.07) is 13.6. The van der Waals surface area contributed by atoms with Crippen LogP contribution in [0.2, 0.25) is 0 Å². The fourth-order valence-corrected chi connectivity index (χ4v) is 2.62. The molecule has 0 fully saturated rings. The van der Waals surface area contributed by atoms with Gasteiger partial charge in [-0.15, -0.1) is 10.2 Å². The molecule has 6 nitrogen and oxygen atoms in total. The highest BCUT2D eigenvalue weighted by Crippen LogP contribution is 2.30. The van der Waals surface area contributed by atoms with Crippen molar-refractivity contribution in [2.24, 2.45) is 0 Å². The van der Waals surface area contributed by atoms with Crippen LogP contribution in [-0.2, 0) is 0 Å². The average Bonchev–Trinajstić information content (AvgIpc) is 2.96. The van der Waals surface area contributed by atoms with Crippen LogP contribution < -0.4 is 10.3 Å². The van der Waals surface area contributed by atoms with Gasteiger partial charge in [0, 0.05) is 10.9 Å². The van der Waals surface area contributed by atoms with Crippen LogP contribution in [0.1, 0.15) is 0 Å². The van der Waals surface area contributed by atoms with E-state index >= 15 is 0 Å². The van der Waals surface area contributed by atoms with Crippen molar-refractivity contribution in [3.8, 4) is 16.9 Å². The van der Waals surface area contributed by atoms with Crippen molar-refractivity contribution in [3.63, 3.8) is 0 Å². The van der Waals surface area contributed by atoms with E-state index in [1.807, 2.05) is 42.5 Å². The number of ether oxygens (including phenoxy) is 1. The van der Waals surface area contributed by atoms with E-state index < -0.39 is 0 Å². The number of nitrogens with zero attached hydrogens (tertiary/aromatic N) is 2. The first kappa shape index (κ1) is 12.6. The van der Waals surface area contributed by atoms with Gasteiger partial charge < -0.3 is 4.74 Å². The van der Waals surface area contributed by atoms with Gasteiger partial charge >= 0.3 is 0 Å². The van der Waals surface area contributed by atoms with Gasteiger partial charge in [-0.2, -0.15) is 0 Å². The second-order valence-electron chi connectivity index (χ2n) is 4.94. The number of fused-ring (bicyclic) bond motifs is 3. The number of aromatic nitrogens is 4. The quantitative estimate of drug-likeness (QED) is 0.594. The Kier molecular flexibility index (Phi) is 2.69. The third-order valence-electron chi connectivity index (χ3n) is 3.69. The summed E-state index contributed by atoms with van der Waals surface area (Å²) in [6.07, 6.45) is 0. The molecule has 0 unspecified atom stereocenters. The number of methoxy groups -OCH3 is 1. The molecule has 0 aliphatic carbocycles. The summed E-state index contributed by atoms with van der Waals surface area (Å²) >= 11 is 0. The predicted octanol–water partition coefficient (Wildman–Crippen LogP) is 2.47. The van der Waals surface area contributed by atoms with E-state index in [-0.39, 0.29) is 5.56 Å². The molecule has 0 saturated heterocycles. The molecule has 0 aliphatic rings. The lowest BCUT2D eigenvalue weighted by Gasteiger charge is -2.07. The topological polar surface area (TPSA) is 83.7 Å². The van der Waals surface area contributed by atoms with E-state index in [0.717, 1.165) is 27.8 Å². The number of nitrogens with one attached hydrogen (secondary N) is 2. The zero-order valence-electron chi connectivity index (χ0n) is 11.8. The van der Waals surface area contributed by atoms with Crippen molar-refractivity contribution < 1.29 is 4.74 Å². The molecule has 0 spiro atoms. The average molecular weight is 292 g/mol. The normalized spacial score (nSPS) is 11.1. The molecule has 2 N–H and O–H groups in total. The van der Waals surface area contributed by atoms with Crippen LogP contribution >= 0.6 is 0 Å². The molecule has 0 atom stereocenters. The number of benzene rings is 2. The summed E-state index contributed by atoms with van der Waals surface area (Å²) < 4.78 is 5.27. The lowest BCUT2D eigenvalue weighted by atomic mass is 10.0. The van der Waals surface area contributed by atoms with Crippen molar-refractivity contribution >= 4 is 21.9 Å². The first-order chi connectivity index (χ1) is 10.8. The summed E-state index contributed by atoms with van der Waals surface area (Å²) in [7, 11) is 1.64. The Labute approximate surface area is 124 Å². The van der Waals surface area contributed by atoms with Gasteiger partial charge in [0.05, 0.1) is 12.6 Å². The zero-order chi connectivity index (χ0) is 15.1. The maximum Gasteiger partial charge on any atom is 0.292 e. The molecule has 4 aromatic rings. The molecular formula is C16H12N4O2. The number of H-pyrrole nitrogens is 2. The van der Waals surface area contributed by atoms with Crippen LogP contribution in [-0.4, -0.2) is 27.5 Å². The third kappa shape index (κ3) is 1.77. The van der Waals surface area contributed by atoms with E-state index in [9.17, 15) is 4.79 Å². The molecule has 6 heteroatoms. The van der Waals surface area contributed by atoms with Gasteiger partial charge in [-0.1, -0.05) is 30.3 Å². The van der Waals surface area contributed by atoms with Gasteiger partial charge in [-0.3, -0.25) is 15.0 Å². The lowest BCUT2D eigenvalue weighted by Crippen LogP contribution is -2.00. The van der Waals surface area contributed by atoms with Gasteiger partial charge in [-0.25, -0.2) is 0 Å². The van der Waals surface area contributed by atoms with Gasteiger partial charge in [-0.05, 0) is 17.7 Å². The predicted molar refractivity (Wildman–Crippen MR) is 84.0 cm³/mol. The molecule has 0 radical (unpaired) electrons. The molecule has 0 saturated carbocycles. The fourth-order valence-electron chi connectivity index (χ4n) is 2.62. The SMILES string of the molecule is COc1cccc(-c2cccc3c2nnc2c(=O)[nH][nH]c23)c1. The van der Waals surface area contributed by atoms with E-state index in [0.29, 0.717) is 11.0 Å². The fraction of sp³-hybridized carbons (Fsp3) is 0.0625. The van der Waals surface area contributed by atoms with Crippen molar-refractivity contribution in [2.75, 3.05) is 7.11 Å². The minimum atomic E-state index is -0.267. The molecule has 2 heterocycles. The molecule has 0 aliphatic heterocycles. The minimum Gasteiger partial charge on any atom is -0.497 e. The van der Waals surface area contributed by atoms with Gasteiger partial charge in [0.15, 0.2) is 5.52 Å². The second-order valence-corrected chi connectivity index (χ2v) is 4.94. The molecule has 0 bridgehead atoms. The van der Waals surface area contributed by atoms with Crippen LogP contribution in [0.25, 0.3) is 33.1 Å². The molecule has 108 valence electrons. The molecular weight excluding hydrogens is 280 g/mol. The molecule has 4 rings (SSSR count). The summed E-state index contributed by atoms with van der Waals surface area (Å²) in [5.74, 6) is 0.776. The Morgan fingerprint density at radius 1 is 1.00 bits per heavy atom. The number of rotatable bonds is 2. The number of hydrogen-bond acceptors (Lipinski definition) is 4. The minimum absolute atomic E-state index is 0.267. The molecule has 0 amide bonds. The third-order valence-corrected chi connectivity index (χ3v) is 3.69. The van der Waals surface area contributed by atoms with E-state index in [4.69, 9.17) is 4.74 Å². The Morgan fingerprint density at radius 2 is 1.82 bits per heavy atom. The Hall–Kier alpha value is -3.15. The van der Waals surface area contributed by atoms with Gasteiger partial charge in [0.25, 0.3) is 5.56 Å². The standard InChI is InChI=1S/C16H12N4O2/c1-22-10-5-2-4-9(8-10)11-6-3-7-12-13(11)17-19-15-14(12)18-20-16(15)21/h2-8H,1H3,(H2,18,20,21). The second kappa shape index (κ2) is 4.70. The Balaban J connectivity index is 2.06. The summed E-state index contributed by atoms with van der Waals surface area (Å²) in [6.45, 7) is 0. The zero-order valence-corrected chi connectivity index (χ0v) is 11.8. The van der Waals surface area contributed by atoms with E-state index in [1.54, 1.807) is 7.11 Å². The summed E-state index contributed by atoms with van der Waals surface area (Å²) in [4.78, 5) is 11.7. The van der Waals surface area contributed by atoms with Gasteiger partial charge in [0.2, 0.25) is 0 Å². The van der Waals surface area contributed by atoms with Crippen LogP contribution in [0, 0.1) is 0 Å². The highest BCUT2D eigenvalue weighted by atomic mass is 16.5. The smallest absolute Gasteiger partial charge is 0.292 e. The first-order valence-corrected chi connectivity index (χ1v) is 6.78. The number of hydrogen-bond donors (Lipinski definition) is 2. The maximum atomic E-state index is 11.7. The first-order valence-electron chi connectivity index (χ1n) is 6.78. The lowest BCUT2D eigenvalue weighted by molar-refractivity contribution is 0.415. The molecule has 2 aromatic carbocycles. The summed E-state index contributed by atoms with van der Waals surface area (Å²) in [5.41, 5.74) is 3.37.